The third-order valence-corrected chi connectivity index (χ3v) is 3.31. The molecule has 2 aromatic rings. The zero-order valence-electron chi connectivity index (χ0n) is 12.3. The minimum Gasteiger partial charge on any atom is -0.491 e. The van der Waals surface area contributed by atoms with Crippen LogP contribution in [0.1, 0.15) is 38.0 Å². The van der Waals surface area contributed by atoms with E-state index in [1.807, 2.05) is 42.5 Å². The van der Waals surface area contributed by atoms with E-state index in [1.54, 1.807) is 0 Å². The van der Waals surface area contributed by atoms with Crippen LogP contribution in [0.4, 0.5) is 0 Å². The van der Waals surface area contributed by atoms with Gasteiger partial charge >= 0.3 is 0 Å². The molecule has 0 heterocycles. The lowest BCUT2D eigenvalue weighted by atomic mass is 9.87. The summed E-state index contributed by atoms with van der Waals surface area (Å²) < 4.78 is 5.64. The molecule has 0 aliphatic rings. The highest BCUT2D eigenvalue weighted by atomic mass is 16.5. The van der Waals surface area contributed by atoms with Gasteiger partial charge in [0.15, 0.2) is 0 Å². The average molecular weight is 270 g/mol. The molecule has 0 aliphatic heterocycles. The standard InChI is InChI=1S/C18H22O2/c1-18(2,3)15-9-11-16(12-10-15)20-13-17(19)14-7-5-4-6-8-14/h4-12,17,19H,13H2,1-3H3. The van der Waals surface area contributed by atoms with Gasteiger partial charge in [0.2, 0.25) is 0 Å². The molecule has 0 amide bonds. The van der Waals surface area contributed by atoms with Crippen LogP contribution in [0.15, 0.2) is 54.6 Å². The van der Waals surface area contributed by atoms with Crippen LogP contribution in [-0.2, 0) is 5.41 Å². The Balaban J connectivity index is 1.94. The van der Waals surface area contributed by atoms with Crippen LogP contribution in [0, 0.1) is 0 Å². The number of benzene rings is 2. The van der Waals surface area contributed by atoms with Crippen molar-refractivity contribution in [3.05, 3.63) is 65.7 Å². The Morgan fingerprint density at radius 3 is 2.10 bits per heavy atom. The summed E-state index contributed by atoms with van der Waals surface area (Å²) >= 11 is 0. The summed E-state index contributed by atoms with van der Waals surface area (Å²) in [5.74, 6) is 0.785. The molecule has 1 N–H and O–H groups in total. The van der Waals surface area contributed by atoms with Crippen molar-refractivity contribution in [3.63, 3.8) is 0 Å². The van der Waals surface area contributed by atoms with Crippen molar-refractivity contribution in [3.8, 4) is 5.75 Å². The van der Waals surface area contributed by atoms with E-state index in [0.29, 0.717) is 0 Å². The number of aliphatic hydroxyl groups is 1. The SMILES string of the molecule is CC(C)(C)c1ccc(OCC(O)c2ccccc2)cc1. The van der Waals surface area contributed by atoms with Crippen LogP contribution < -0.4 is 4.74 Å². The molecule has 1 atom stereocenters. The molecule has 0 saturated heterocycles. The fourth-order valence-corrected chi connectivity index (χ4v) is 2.00. The van der Waals surface area contributed by atoms with Gasteiger partial charge in [0.25, 0.3) is 0 Å². The van der Waals surface area contributed by atoms with E-state index in [2.05, 4.69) is 32.9 Å². The van der Waals surface area contributed by atoms with Crippen LogP contribution in [0.25, 0.3) is 0 Å². The number of ether oxygens (including phenoxy) is 1. The third kappa shape index (κ3) is 3.84. The molecule has 2 rings (SSSR count). The van der Waals surface area contributed by atoms with Gasteiger partial charge in [0.05, 0.1) is 0 Å². The second-order valence-corrected chi connectivity index (χ2v) is 6.01. The third-order valence-electron chi connectivity index (χ3n) is 3.31. The van der Waals surface area contributed by atoms with Gasteiger partial charge < -0.3 is 9.84 Å². The van der Waals surface area contributed by atoms with Gasteiger partial charge in [-0.3, -0.25) is 0 Å². The van der Waals surface area contributed by atoms with Crippen LogP contribution in [0.3, 0.4) is 0 Å². The maximum absolute atomic E-state index is 10.0. The highest BCUT2D eigenvalue weighted by molar-refractivity contribution is 5.31. The molecular weight excluding hydrogens is 248 g/mol. The summed E-state index contributed by atoms with van der Waals surface area (Å²) in [4.78, 5) is 0. The highest BCUT2D eigenvalue weighted by Gasteiger charge is 2.13. The lowest BCUT2D eigenvalue weighted by Crippen LogP contribution is -2.11. The Morgan fingerprint density at radius 1 is 0.950 bits per heavy atom. The summed E-state index contributed by atoms with van der Waals surface area (Å²) in [6, 6.07) is 17.6. The Bertz CT molecular complexity index is 524. The molecule has 2 nitrogen and oxygen atoms in total. The summed E-state index contributed by atoms with van der Waals surface area (Å²) in [6.07, 6.45) is -0.599. The van der Waals surface area contributed by atoms with E-state index >= 15 is 0 Å². The fourth-order valence-electron chi connectivity index (χ4n) is 2.00. The molecule has 0 spiro atoms. The van der Waals surface area contributed by atoms with E-state index in [9.17, 15) is 5.11 Å². The van der Waals surface area contributed by atoms with Gasteiger partial charge in [0, 0.05) is 0 Å². The van der Waals surface area contributed by atoms with Gasteiger partial charge in [-0.15, -0.1) is 0 Å². The van der Waals surface area contributed by atoms with E-state index in [0.717, 1.165) is 11.3 Å². The van der Waals surface area contributed by atoms with Gasteiger partial charge in [-0.25, -0.2) is 0 Å². The molecule has 1 unspecified atom stereocenters. The quantitative estimate of drug-likeness (QED) is 0.906. The Hall–Kier alpha value is -1.80. The molecule has 2 heteroatoms. The topological polar surface area (TPSA) is 29.5 Å². The van der Waals surface area contributed by atoms with Crippen LogP contribution in [0.5, 0.6) is 5.75 Å². The molecule has 20 heavy (non-hydrogen) atoms. The molecule has 0 radical (unpaired) electrons. The molecular formula is C18H22O2. The predicted octanol–water partition coefficient (Wildman–Crippen LogP) is 4.10. The van der Waals surface area contributed by atoms with Crippen molar-refractivity contribution >= 4 is 0 Å². The van der Waals surface area contributed by atoms with Crippen molar-refractivity contribution in [2.75, 3.05) is 6.61 Å². The maximum Gasteiger partial charge on any atom is 0.119 e. The number of aliphatic hydroxyl groups excluding tert-OH is 1. The molecule has 0 aromatic heterocycles. The molecule has 0 aliphatic carbocycles. The van der Waals surface area contributed by atoms with Crippen LogP contribution in [0.2, 0.25) is 0 Å². The average Bonchev–Trinajstić information content (AvgIpc) is 2.45. The first-order valence-corrected chi connectivity index (χ1v) is 6.93. The second-order valence-electron chi connectivity index (χ2n) is 6.01. The Kier molecular flexibility index (Phi) is 4.46. The summed E-state index contributed by atoms with van der Waals surface area (Å²) in [7, 11) is 0. The predicted molar refractivity (Wildman–Crippen MR) is 82.0 cm³/mol. The van der Waals surface area contributed by atoms with Gasteiger partial charge in [-0.05, 0) is 28.7 Å². The zero-order chi connectivity index (χ0) is 14.6. The Labute approximate surface area is 121 Å². The minimum absolute atomic E-state index is 0.141. The largest absolute Gasteiger partial charge is 0.491 e. The smallest absolute Gasteiger partial charge is 0.119 e. The fraction of sp³-hybridized carbons (Fsp3) is 0.333. The second kappa shape index (κ2) is 6.10. The summed E-state index contributed by atoms with van der Waals surface area (Å²) in [5, 5.41) is 10.0. The van der Waals surface area contributed by atoms with Crippen LogP contribution in [-0.4, -0.2) is 11.7 Å². The number of hydrogen-bond donors (Lipinski definition) is 1. The molecule has 106 valence electrons. The molecule has 0 saturated carbocycles. The number of hydrogen-bond acceptors (Lipinski definition) is 2. The van der Waals surface area contributed by atoms with E-state index < -0.39 is 6.10 Å². The van der Waals surface area contributed by atoms with Gasteiger partial charge in [-0.1, -0.05) is 63.2 Å². The lowest BCUT2D eigenvalue weighted by Gasteiger charge is -2.19. The summed E-state index contributed by atoms with van der Waals surface area (Å²) in [6.45, 7) is 6.81. The van der Waals surface area contributed by atoms with Crippen molar-refractivity contribution < 1.29 is 9.84 Å². The maximum atomic E-state index is 10.0. The lowest BCUT2D eigenvalue weighted by molar-refractivity contribution is 0.108. The van der Waals surface area contributed by atoms with Gasteiger partial charge in [-0.2, -0.15) is 0 Å². The first-order chi connectivity index (χ1) is 9.47. The van der Waals surface area contributed by atoms with E-state index in [-0.39, 0.29) is 12.0 Å². The monoisotopic (exact) mass is 270 g/mol. The van der Waals surface area contributed by atoms with Crippen molar-refractivity contribution in [2.24, 2.45) is 0 Å². The van der Waals surface area contributed by atoms with Crippen LogP contribution >= 0.6 is 0 Å². The van der Waals surface area contributed by atoms with Crippen molar-refractivity contribution in [1.29, 1.82) is 0 Å². The van der Waals surface area contributed by atoms with Crippen molar-refractivity contribution in [2.45, 2.75) is 32.3 Å². The van der Waals surface area contributed by atoms with E-state index in [4.69, 9.17) is 4.74 Å². The normalized spacial score (nSPS) is 13.0. The first kappa shape index (κ1) is 14.6. The highest BCUT2D eigenvalue weighted by Crippen LogP contribution is 2.24. The first-order valence-electron chi connectivity index (χ1n) is 6.93. The summed E-state index contributed by atoms with van der Waals surface area (Å²) in [5.41, 5.74) is 2.29. The van der Waals surface area contributed by atoms with E-state index in [1.165, 1.54) is 5.56 Å². The minimum atomic E-state index is -0.599. The molecule has 0 bridgehead atoms. The molecule has 0 fully saturated rings. The zero-order valence-corrected chi connectivity index (χ0v) is 12.3. The number of rotatable bonds is 4. The van der Waals surface area contributed by atoms with Gasteiger partial charge in [0.1, 0.15) is 18.5 Å². The Morgan fingerprint density at radius 2 is 1.55 bits per heavy atom. The van der Waals surface area contributed by atoms with Crippen molar-refractivity contribution in [1.82, 2.24) is 0 Å². The molecule has 2 aromatic carbocycles.